The Labute approximate surface area is 136 Å². The van der Waals surface area contributed by atoms with Gasteiger partial charge in [-0.3, -0.25) is 4.99 Å². The molecule has 0 aromatic heterocycles. The van der Waals surface area contributed by atoms with E-state index in [1.54, 1.807) is 21.0 Å². The van der Waals surface area contributed by atoms with Crippen molar-refractivity contribution in [2.24, 2.45) is 10.9 Å². The van der Waals surface area contributed by atoms with Crippen molar-refractivity contribution in [2.45, 2.75) is 26.7 Å². The third-order valence-electron chi connectivity index (χ3n) is 3.92. The van der Waals surface area contributed by atoms with E-state index in [4.69, 9.17) is 9.47 Å². The van der Waals surface area contributed by atoms with E-state index in [0.717, 1.165) is 5.56 Å². The van der Waals surface area contributed by atoms with Crippen molar-refractivity contribution in [3.05, 3.63) is 41.1 Å². The number of allylic oxidation sites excluding steroid dienone is 1. The summed E-state index contributed by atoms with van der Waals surface area (Å²) in [5.41, 5.74) is 2.58. The van der Waals surface area contributed by atoms with Crippen LogP contribution in [-0.4, -0.2) is 25.4 Å². The zero-order valence-corrected chi connectivity index (χ0v) is 13.8. The maximum absolute atomic E-state index is 12.4. The topological polar surface area (TPSA) is 71.7 Å². The monoisotopic (exact) mass is 312 g/mol. The van der Waals surface area contributed by atoms with E-state index < -0.39 is 17.8 Å². The summed E-state index contributed by atoms with van der Waals surface area (Å²) >= 11 is 0. The minimum Gasteiger partial charge on any atom is -0.497 e. The fourth-order valence-electron chi connectivity index (χ4n) is 2.87. The predicted molar refractivity (Wildman–Crippen MR) is 87.3 cm³/mol. The highest BCUT2D eigenvalue weighted by molar-refractivity contribution is 5.98. The van der Waals surface area contributed by atoms with Crippen LogP contribution in [0, 0.1) is 17.2 Å². The fraction of sp³-hybridized carbons (Fsp3) is 0.389. The van der Waals surface area contributed by atoms with Crippen LogP contribution in [0.4, 0.5) is 0 Å². The number of nitrogens with zero attached hydrogens (tertiary/aromatic N) is 2. The Hall–Kier alpha value is -2.61. The molecule has 0 fully saturated rings. The molecule has 1 aromatic carbocycles. The molecule has 5 heteroatoms. The van der Waals surface area contributed by atoms with E-state index in [0.29, 0.717) is 22.7 Å². The maximum atomic E-state index is 12.4. The highest BCUT2D eigenvalue weighted by Crippen LogP contribution is 2.39. The minimum atomic E-state index is -0.509. The average molecular weight is 312 g/mol. The normalized spacial score (nSPS) is 20.6. The molecule has 0 N–H and O–H groups in total. The molecule has 1 aliphatic heterocycles. The second-order valence-corrected chi connectivity index (χ2v) is 5.33. The first-order valence-electron chi connectivity index (χ1n) is 7.50. The number of carbonyl (C=O) groups excluding carboxylic acids is 1. The summed E-state index contributed by atoms with van der Waals surface area (Å²) in [5.74, 6) is -0.661. The van der Waals surface area contributed by atoms with E-state index in [1.807, 2.05) is 31.2 Å². The number of hydrogen-bond acceptors (Lipinski definition) is 5. The molecule has 5 nitrogen and oxygen atoms in total. The Morgan fingerprint density at radius 2 is 2.13 bits per heavy atom. The Bertz CT molecular complexity index is 713. The standard InChI is InChI=1S/C18H20N2O3/c1-5-23-18(21)16-12(3)20-11(2)15(10-19)17(16)13-7-6-8-14(9-13)22-4/h6-9,15,17H,5H2,1-4H3. The van der Waals surface area contributed by atoms with Crippen LogP contribution in [0.15, 0.2) is 40.5 Å². The molecule has 0 saturated carbocycles. The third kappa shape index (κ3) is 3.26. The number of ether oxygens (including phenoxy) is 2. The summed E-state index contributed by atoms with van der Waals surface area (Å²) in [6.07, 6.45) is 0. The van der Waals surface area contributed by atoms with Crippen molar-refractivity contribution < 1.29 is 14.3 Å². The number of hydrogen-bond donors (Lipinski definition) is 0. The van der Waals surface area contributed by atoms with Gasteiger partial charge in [-0.2, -0.15) is 5.26 Å². The van der Waals surface area contributed by atoms with Crippen LogP contribution in [0.5, 0.6) is 5.75 Å². The molecule has 2 rings (SSSR count). The van der Waals surface area contributed by atoms with Gasteiger partial charge in [-0.05, 0) is 38.5 Å². The molecule has 0 bridgehead atoms. The summed E-state index contributed by atoms with van der Waals surface area (Å²) in [6.45, 7) is 5.62. The van der Waals surface area contributed by atoms with E-state index in [1.165, 1.54) is 0 Å². The van der Waals surface area contributed by atoms with Crippen LogP contribution in [0.3, 0.4) is 0 Å². The summed E-state index contributed by atoms with van der Waals surface area (Å²) in [6, 6.07) is 9.69. The molecule has 0 amide bonds. The number of rotatable bonds is 4. The van der Waals surface area contributed by atoms with Crippen molar-refractivity contribution in [3.8, 4) is 11.8 Å². The fourth-order valence-corrected chi connectivity index (χ4v) is 2.87. The van der Waals surface area contributed by atoms with Gasteiger partial charge >= 0.3 is 5.97 Å². The highest BCUT2D eigenvalue weighted by Gasteiger charge is 2.37. The van der Waals surface area contributed by atoms with Crippen molar-refractivity contribution >= 4 is 11.7 Å². The molecule has 1 aliphatic rings. The molecule has 0 saturated heterocycles. The van der Waals surface area contributed by atoms with E-state index in [2.05, 4.69) is 11.1 Å². The first-order chi connectivity index (χ1) is 11.0. The summed E-state index contributed by atoms with van der Waals surface area (Å²) in [7, 11) is 1.59. The Balaban J connectivity index is 2.60. The first kappa shape index (κ1) is 16.8. The van der Waals surface area contributed by atoms with Crippen molar-refractivity contribution in [1.82, 2.24) is 0 Å². The van der Waals surface area contributed by atoms with Crippen LogP contribution >= 0.6 is 0 Å². The van der Waals surface area contributed by atoms with Gasteiger partial charge in [-0.25, -0.2) is 4.79 Å². The van der Waals surface area contributed by atoms with Gasteiger partial charge in [0.05, 0.1) is 31.3 Å². The number of aliphatic imine (C=N–C) groups is 1. The van der Waals surface area contributed by atoms with Crippen LogP contribution in [-0.2, 0) is 9.53 Å². The molecular formula is C18H20N2O3. The van der Waals surface area contributed by atoms with Crippen LogP contribution in [0.1, 0.15) is 32.3 Å². The summed E-state index contributed by atoms with van der Waals surface area (Å²) in [5, 5.41) is 9.60. The molecule has 0 spiro atoms. The van der Waals surface area contributed by atoms with Crippen LogP contribution in [0.25, 0.3) is 0 Å². The Kier molecular flexibility index (Phi) is 5.17. The molecule has 0 aliphatic carbocycles. The molecule has 2 atom stereocenters. The van der Waals surface area contributed by atoms with Crippen molar-refractivity contribution in [1.29, 1.82) is 5.26 Å². The SMILES string of the molecule is CCOC(=O)C1=C(C)N=C(C)C(C#N)C1c1cccc(OC)c1. The van der Waals surface area contributed by atoms with Gasteiger partial charge in [0.2, 0.25) is 0 Å². The molecular weight excluding hydrogens is 292 g/mol. The highest BCUT2D eigenvalue weighted by atomic mass is 16.5. The maximum Gasteiger partial charge on any atom is 0.336 e. The molecule has 23 heavy (non-hydrogen) atoms. The van der Waals surface area contributed by atoms with Gasteiger partial charge in [0.15, 0.2) is 0 Å². The van der Waals surface area contributed by atoms with Crippen molar-refractivity contribution in [2.75, 3.05) is 13.7 Å². The zero-order valence-electron chi connectivity index (χ0n) is 13.8. The van der Waals surface area contributed by atoms with Gasteiger partial charge in [0.25, 0.3) is 0 Å². The van der Waals surface area contributed by atoms with E-state index in [9.17, 15) is 10.1 Å². The summed E-state index contributed by atoms with van der Waals surface area (Å²) < 4.78 is 10.4. The number of esters is 1. The second kappa shape index (κ2) is 7.10. The lowest BCUT2D eigenvalue weighted by molar-refractivity contribution is -0.139. The molecule has 0 radical (unpaired) electrons. The number of methoxy groups -OCH3 is 1. The molecule has 1 heterocycles. The van der Waals surface area contributed by atoms with Crippen LogP contribution < -0.4 is 4.74 Å². The summed E-state index contributed by atoms with van der Waals surface area (Å²) in [4.78, 5) is 16.8. The lowest BCUT2D eigenvalue weighted by Crippen LogP contribution is -2.29. The lowest BCUT2D eigenvalue weighted by Gasteiger charge is -2.29. The zero-order chi connectivity index (χ0) is 17.0. The molecule has 120 valence electrons. The predicted octanol–water partition coefficient (Wildman–Crippen LogP) is 3.23. The third-order valence-corrected chi connectivity index (χ3v) is 3.92. The van der Waals surface area contributed by atoms with E-state index in [-0.39, 0.29) is 6.61 Å². The Morgan fingerprint density at radius 3 is 2.74 bits per heavy atom. The molecule has 1 aromatic rings. The first-order valence-corrected chi connectivity index (χ1v) is 7.50. The average Bonchev–Trinajstić information content (AvgIpc) is 2.54. The Morgan fingerprint density at radius 1 is 1.39 bits per heavy atom. The van der Waals surface area contributed by atoms with Crippen molar-refractivity contribution in [3.63, 3.8) is 0 Å². The number of carbonyl (C=O) groups is 1. The second-order valence-electron chi connectivity index (χ2n) is 5.33. The number of benzene rings is 1. The smallest absolute Gasteiger partial charge is 0.336 e. The van der Waals surface area contributed by atoms with E-state index >= 15 is 0 Å². The lowest BCUT2D eigenvalue weighted by atomic mass is 9.76. The van der Waals surface area contributed by atoms with Gasteiger partial charge in [-0.1, -0.05) is 12.1 Å². The van der Waals surface area contributed by atoms with Gasteiger partial charge in [0, 0.05) is 17.3 Å². The quantitative estimate of drug-likeness (QED) is 0.800. The molecule has 2 unspecified atom stereocenters. The van der Waals surface area contributed by atoms with Gasteiger partial charge in [0.1, 0.15) is 5.75 Å². The number of nitriles is 1. The van der Waals surface area contributed by atoms with Gasteiger partial charge < -0.3 is 9.47 Å². The minimum absolute atomic E-state index is 0.278. The van der Waals surface area contributed by atoms with Gasteiger partial charge in [-0.15, -0.1) is 0 Å². The largest absolute Gasteiger partial charge is 0.497 e. The van der Waals surface area contributed by atoms with Crippen LogP contribution in [0.2, 0.25) is 0 Å².